The summed E-state index contributed by atoms with van der Waals surface area (Å²) >= 11 is 0. The van der Waals surface area contributed by atoms with Gasteiger partial charge in [0.15, 0.2) is 12.6 Å². The zero-order valence-electron chi connectivity index (χ0n) is 9.40. The molecule has 4 unspecified atom stereocenters. The first-order valence-electron chi connectivity index (χ1n) is 5.52. The van der Waals surface area contributed by atoms with E-state index >= 15 is 0 Å². The highest BCUT2D eigenvalue weighted by Gasteiger charge is 2.47. The van der Waals surface area contributed by atoms with Crippen LogP contribution in [0.4, 0.5) is 0 Å². The van der Waals surface area contributed by atoms with Crippen molar-refractivity contribution in [1.82, 2.24) is 0 Å². The Morgan fingerprint density at radius 1 is 1.07 bits per heavy atom. The summed E-state index contributed by atoms with van der Waals surface area (Å²) in [6.07, 6.45) is 0.248. The van der Waals surface area contributed by atoms with E-state index in [9.17, 15) is 0 Å². The third kappa shape index (κ3) is 1.95. The molecule has 2 fully saturated rings. The van der Waals surface area contributed by atoms with Crippen LogP contribution in [0.3, 0.4) is 0 Å². The Morgan fingerprint density at radius 3 is 2.14 bits per heavy atom. The summed E-state index contributed by atoms with van der Waals surface area (Å²) in [4.78, 5) is 0. The summed E-state index contributed by atoms with van der Waals surface area (Å²) in [5.41, 5.74) is 0. The maximum absolute atomic E-state index is 5.70. The summed E-state index contributed by atoms with van der Waals surface area (Å²) in [5, 5.41) is 0. The molecule has 3 heteroatoms. The van der Waals surface area contributed by atoms with E-state index in [4.69, 9.17) is 14.2 Å². The van der Waals surface area contributed by atoms with Crippen molar-refractivity contribution >= 4 is 0 Å². The molecule has 0 amide bonds. The third-order valence-electron chi connectivity index (χ3n) is 3.07. The van der Waals surface area contributed by atoms with Crippen molar-refractivity contribution in [3.63, 3.8) is 0 Å². The Kier molecular flexibility index (Phi) is 2.82. The topological polar surface area (TPSA) is 31.0 Å². The molecule has 2 rings (SSSR count). The van der Waals surface area contributed by atoms with Crippen LogP contribution in [0.5, 0.6) is 0 Å². The second kappa shape index (κ2) is 3.80. The van der Waals surface area contributed by atoms with Crippen molar-refractivity contribution in [2.45, 2.75) is 46.4 Å². The molecule has 0 radical (unpaired) electrons. The Labute approximate surface area is 85.7 Å². The van der Waals surface area contributed by atoms with E-state index in [0.717, 1.165) is 6.61 Å². The molecule has 0 aromatic heterocycles. The van der Waals surface area contributed by atoms with E-state index in [1.807, 2.05) is 0 Å². The van der Waals surface area contributed by atoms with Crippen molar-refractivity contribution in [2.75, 3.05) is 6.61 Å². The molecule has 2 heterocycles. The minimum Gasteiger partial charge on any atom is -0.352 e. The second-order valence-electron chi connectivity index (χ2n) is 4.96. The van der Waals surface area contributed by atoms with Crippen LogP contribution < -0.4 is 0 Å². The highest BCUT2D eigenvalue weighted by Crippen LogP contribution is 2.36. The first kappa shape index (κ1) is 10.4. The monoisotopic (exact) mass is 200 g/mol. The van der Waals surface area contributed by atoms with E-state index in [2.05, 4.69) is 27.7 Å². The summed E-state index contributed by atoms with van der Waals surface area (Å²) in [7, 11) is 0. The standard InChI is InChI=1S/C11H20O3/c1-6(2)8-5-12-10(8)14-11-9(13-11)7(3)4/h6-11H,5H2,1-4H3. The fourth-order valence-electron chi connectivity index (χ4n) is 1.76. The molecule has 2 aliphatic heterocycles. The molecule has 82 valence electrons. The van der Waals surface area contributed by atoms with Crippen LogP contribution in [0.15, 0.2) is 0 Å². The Bertz CT molecular complexity index is 203. The number of epoxide rings is 1. The number of rotatable bonds is 4. The minimum absolute atomic E-state index is 0.0125. The zero-order valence-corrected chi connectivity index (χ0v) is 9.40. The van der Waals surface area contributed by atoms with Gasteiger partial charge in [0.2, 0.25) is 0 Å². The first-order valence-corrected chi connectivity index (χ1v) is 5.52. The molecule has 0 aromatic rings. The van der Waals surface area contributed by atoms with E-state index in [0.29, 0.717) is 17.8 Å². The van der Waals surface area contributed by atoms with Gasteiger partial charge >= 0.3 is 0 Å². The predicted molar refractivity (Wildman–Crippen MR) is 52.7 cm³/mol. The summed E-state index contributed by atoms with van der Waals surface area (Å²) in [6, 6.07) is 0. The number of hydrogen-bond acceptors (Lipinski definition) is 3. The average Bonchev–Trinajstić information content (AvgIpc) is 2.75. The van der Waals surface area contributed by atoms with Gasteiger partial charge in [-0.2, -0.15) is 0 Å². The lowest BCUT2D eigenvalue weighted by atomic mass is 9.92. The molecule has 0 N–H and O–H groups in total. The summed E-state index contributed by atoms with van der Waals surface area (Å²) in [6.45, 7) is 9.54. The zero-order chi connectivity index (χ0) is 10.3. The van der Waals surface area contributed by atoms with E-state index in [-0.39, 0.29) is 18.7 Å². The second-order valence-corrected chi connectivity index (χ2v) is 4.96. The van der Waals surface area contributed by atoms with Gasteiger partial charge in [-0.05, 0) is 11.8 Å². The number of ether oxygens (including phenoxy) is 3. The summed E-state index contributed by atoms with van der Waals surface area (Å²) < 4.78 is 16.5. The van der Waals surface area contributed by atoms with Crippen molar-refractivity contribution in [3.8, 4) is 0 Å². The fraction of sp³-hybridized carbons (Fsp3) is 1.00. The molecule has 0 bridgehead atoms. The van der Waals surface area contributed by atoms with Gasteiger partial charge in [0.25, 0.3) is 0 Å². The molecule has 0 saturated carbocycles. The lowest BCUT2D eigenvalue weighted by Gasteiger charge is -2.38. The van der Waals surface area contributed by atoms with Crippen molar-refractivity contribution < 1.29 is 14.2 Å². The first-order chi connectivity index (χ1) is 6.59. The molecule has 2 aliphatic rings. The largest absolute Gasteiger partial charge is 0.352 e. The van der Waals surface area contributed by atoms with E-state index in [1.165, 1.54) is 0 Å². The van der Waals surface area contributed by atoms with Crippen LogP contribution in [0.2, 0.25) is 0 Å². The van der Waals surface area contributed by atoms with Gasteiger partial charge in [-0.15, -0.1) is 0 Å². The van der Waals surface area contributed by atoms with E-state index < -0.39 is 0 Å². The molecular weight excluding hydrogens is 180 g/mol. The highest BCUT2D eigenvalue weighted by atomic mass is 16.8. The van der Waals surface area contributed by atoms with Gasteiger partial charge in [-0.25, -0.2) is 0 Å². The maximum Gasteiger partial charge on any atom is 0.187 e. The molecule has 0 spiro atoms. The normalized spacial score (nSPS) is 41.6. The maximum atomic E-state index is 5.70. The van der Waals surface area contributed by atoms with Gasteiger partial charge in [-0.3, -0.25) is 0 Å². The molecule has 0 aromatic carbocycles. The van der Waals surface area contributed by atoms with Gasteiger partial charge in [0, 0.05) is 5.92 Å². The predicted octanol–water partition coefficient (Wildman–Crippen LogP) is 2.01. The van der Waals surface area contributed by atoms with Gasteiger partial charge in [0.05, 0.1) is 6.61 Å². The van der Waals surface area contributed by atoms with Crippen molar-refractivity contribution in [2.24, 2.45) is 17.8 Å². The van der Waals surface area contributed by atoms with Crippen LogP contribution in [-0.4, -0.2) is 25.3 Å². The minimum atomic E-state index is -0.0243. The lowest BCUT2D eigenvalue weighted by molar-refractivity contribution is -0.283. The van der Waals surface area contributed by atoms with Gasteiger partial charge in [-0.1, -0.05) is 27.7 Å². The Hall–Kier alpha value is -0.120. The molecule has 14 heavy (non-hydrogen) atoms. The summed E-state index contributed by atoms with van der Waals surface area (Å²) in [5.74, 6) is 1.72. The molecular formula is C11H20O3. The van der Waals surface area contributed by atoms with Crippen LogP contribution in [0, 0.1) is 17.8 Å². The molecule has 0 aliphatic carbocycles. The quantitative estimate of drug-likeness (QED) is 0.650. The number of hydrogen-bond donors (Lipinski definition) is 0. The van der Waals surface area contributed by atoms with E-state index in [1.54, 1.807) is 0 Å². The van der Waals surface area contributed by atoms with Crippen LogP contribution in [0.1, 0.15) is 27.7 Å². The lowest BCUT2D eigenvalue weighted by Crippen LogP contribution is -2.45. The molecule has 4 atom stereocenters. The Morgan fingerprint density at radius 2 is 1.79 bits per heavy atom. The van der Waals surface area contributed by atoms with Crippen LogP contribution >= 0.6 is 0 Å². The van der Waals surface area contributed by atoms with Crippen LogP contribution in [0.25, 0.3) is 0 Å². The molecule has 3 nitrogen and oxygen atoms in total. The fourth-order valence-corrected chi connectivity index (χ4v) is 1.76. The average molecular weight is 200 g/mol. The van der Waals surface area contributed by atoms with Gasteiger partial charge in [0.1, 0.15) is 6.10 Å². The van der Waals surface area contributed by atoms with Crippen LogP contribution in [-0.2, 0) is 14.2 Å². The Balaban J connectivity index is 1.72. The van der Waals surface area contributed by atoms with Crippen molar-refractivity contribution in [1.29, 1.82) is 0 Å². The SMILES string of the molecule is CC(C)C1COC1OC1OC1C(C)C. The highest BCUT2D eigenvalue weighted by molar-refractivity contribution is 4.83. The smallest absolute Gasteiger partial charge is 0.187 e. The van der Waals surface area contributed by atoms with Gasteiger partial charge < -0.3 is 14.2 Å². The molecule has 2 saturated heterocycles. The van der Waals surface area contributed by atoms with Crippen molar-refractivity contribution in [3.05, 3.63) is 0 Å². The third-order valence-corrected chi connectivity index (χ3v) is 3.07.